The minimum absolute atomic E-state index is 0.0823. The van der Waals surface area contributed by atoms with Crippen molar-refractivity contribution >= 4 is 5.91 Å². The van der Waals surface area contributed by atoms with Crippen molar-refractivity contribution in [2.45, 2.75) is 70.6 Å². The molecule has 2 unspecified atom stereocenters. The maximum Gasteiger partial charge on any atom is 0.237 e. The molecule has 0 aromatic heterocycles. The van der Waals surface area contributed by atoms with Gasteiger partial charge in [-0.05, 0) is 46.6 Å². The Morgan fingerprint density at radius 2 is 2.10 bits per heavy atom. The van der Waals surface area contributed by atoms with Gasteiger partial charge in [0.25, 0.3) is 0 Å². The molecular formula is C15H30N2O3. The van der Waals surface area contributed by atoms with E-state index in [1.54, 1.807) is 0 Å². The molecule has 1 aliphatic carbocycles. The first-order valence-electron chi connectivity index (χ1n) is 7.59. The zero-order valence-corrected chi connectivity index (χ0v) is 13.3. The van der Waals surface area contributed by atoms with Crippen molar-refractivity contribution in [3.63, 3.8) is 0 Å². The van der Waals surface area contributed by atoms with Gasteiger partial charge in [-0.25, -0.2) is 0 Å². The van der Waals surface area contributed by atoms with Gasteiger partial charge in [-0.1, -0.05) is 6.92 Å². The van der Waals surface area contributed by atoms with Crippen molar-refractivity contribution in [2.75, 3.05) is 19.8 Å². The standard InChI is InChI=1S/C15H30N2O3/c1-5-17-15(13(16)18)8-6-7-12(11-15)19-9-10-20-14(2,3)4/h12,17H,5-11H2,1-4H3,(H2,16,18). The lowest BCUT2D eigenvalue weighted by atomic mass is 9.79. The van der Waals surface area contributed by atoms with E-state index in [1.807, 2.05) is 27.7 Å². The normalized spacial score (nSPS) is 27.5. The third kappa shape index (κ3) is 5.38. The zero-order chi connectivity index (χ0) is 15.2. The van der Waals surface area contributed by atoms with E-state index in [2.05, 4.69) is 5.32 Å². The Morgan fingerprint density at radius 1 is 1.40 bits per heavy atom. The number of nitrogens with two attached hydrogens (primary N) is 1. The molecule has 1 rings (SSSR count). The van der Waals surface area contributed by atoms with Crippen LogP contribution in [0.5, 0.6) is 0 Å². The van der Waals surface area contributed by atoms with Gasteiger partial charge < -0.3 is 20.5 Å². The van der Waals surface area contributed by atoms with E-state index < -0.39 is 5.54 Å². The number of likely N-dealkylation sites (N-methyl/N-ethyl adjacent to an activating group) is 1. The highest BCUT2D eigenvalue weighted by Crippen LogP contribution is 2.30. The highest BCUT2D eigenvalue weighted by Gasteiger charge is 2.41. The van der Waals surface area contributed by atoms with Crippen LogP contribution in [0.3, 0.4) is 0 Å². The molecular weight excluding hydrogens is 256 g/mol. The van der Waals surface area contributed by atoms with E-state index >= 15 is 0 Å². The fourth-order valence-corrected chi connectivity index (χ4v) is 2.74. The smallest absolute Gasteiger partial charge is 0.237 e. The molecule has 2 atom stereocenters. The van der Waals surface area contributed by atoms with Crippen LogP contribution >= 0.6 is 0 Å². The number of carbonyl (C=O) groups is 1. The summed E-state index contributed by atoms with van der Waals surface area (Å²) in [5.74, 6) is -0.265. The van der Waals surface area contributed by atoms with E-state index in [4.69, 9.17) is 15.2 Å². The van der Waals surface area contributed by atoms with Gasteiger partial charge in [0.15, 0.2) is 0 Å². The van der Waals surface area contributed by atoms with Crippen LogP contribution in [-0.4, -0.2) is 42.9 Å². The second kappa shape index (κ2) is 7.38. The Labute approximate surface area is 122 Å². The predicted molar refractivity (Wildman–Crippen MR) is 79.5 cm³/mol. The summed E-state index contributed by atoms with van der Waals surface area (Å²) in [5, 5.41) is 3.26. The Kier molecular flexibility index (Phi) is 6.43. The number of carbonyl (C=O) groups excluding carboxylic acids is 1. The lowest BCUT2D eigenvalue weighted by Crippen LogP contribution is -2.59. The lowest BCUT2D eigenvalue weighted by Gasteiger charge is -2.39. The Bertz CT molecular complexity index is 311. The molecule has 1 aliphatic rings. The van der Waals surface area contributed by atoms with Crippen molar-refractivity contribution in [3.05, 3.63) is 0 Å². The van der Waals surface area contributed by atoms with Gasteiger partial charge in [0.05, 0.1) is 24.9 Å². The summed E-state index contributed by atoms with van der Waals surface area (Å²) in [6.45, 7) is 9.94. The molecule has 1 saturated carbocycles. The molecule has 3 N–H and O–H groups in total. The fourth-order valence-electron chi connectivity index (χ4n) is 2.74. The second-order valence-corrected chi connectivity index (χ2v) is 6.53. The molecule has 5 heteroatoms. The Hall–Kier alpha value is -0.650. The third-order valence-electron chi connectivity index (χ3n) is 3.66. The van der Waals surface area contributed by atoms with E-state index in [0.29, 0.717) is 19.6 Å². The molecule has 118 valence electrons. The number of hydrogen-bond acceptors (Lipinski definition) is 4. The third-order valence-corrected chi connectivity index (χ3v) is 3.66. The van der Waals surface area contributed by atoms with Crippen LogP contribution in [0.2, 0.25) is 0 Å². The van der Waals surface area contributed by atoms with Gasteiger partial charge in [0, 0.05) is 6.42 Å². The van der Waals surface area contributed by atoms with Crippen LogP contribution < -0.4 is 11.1 Å². The van der Waals surface area contributed by atoms with Crippen molar-refractivity contribution in [3.8, 4) is 0 Å². The first-order valence-corrected chi connectivity index (χ1v) is 7.59. The minimum Gasteiger partial charge on any atom is -0.376 e. The number of rotatable bonds is 7. The average Bonchev–Trinajstić information content (AvgIpc) is 2.34. The van der Waals surface area contributed by atoms with Gasteiger partial charge in [-0.3, -0.25) is 4.79 Å². The molecule has 0 aliphatic heterocycles. The van der Waals surface area contributed by atoms with Gasteiger partial charge in [-0.15, -0.1) is 0 Å². The number of ether oxygens (including phenoxy) is 2. The van der Waals surface area contributed by atoms with Crippen molar-refractivity contribution in [1.82, 2.24) is 5.32 Å². The SMILES string of the molecule is CCNC1(C(N)=O)CCCC(OCCOC(C)(C)C)C1. The van der Waals surface area contributed by atoms with Crippen LogP contribution in [0.25, 0.3) is 0 Å². The highest BCUT2D eigenvalue weighted by atomic mass is 16.5. The van der Waals surface area contributed by atoms with E-state index in [1.165, 1.54) is 0 Å². The van der Waals surface area contributed by atoms with Crippen molar-refractivity contribution < 1.29 is 14.3 Å². The monoisotopic (exact) mass is 286 g/mol. The van der Waals surface area contributed by atoms with Crippen LogP contribution in [0.4, 0.5) is 0 Å². The van der Waals surface area contributed by atoms with Gasteiger partial charge >= 0.3 is 0 Å². The molecule has 0 aromatic rings. The van der Waals surface area contributed by atoms with Crippen molar-refractivity contribution in [1.29, 1.82) is 0 Å². The fraction of sp³-hybridized carbons (Fsp3) is 0.933. The number of amides is 1. The summed E-state index contributed by atoms with van der Waals surface area (Å²) >= 11 is 0. The van der Waals surface area contributed by atoms with E-state index in [0.717, 1.165) is 25.8 Å². The van der Waals surface area contributed by atoms with Crippen LogP contribution in [0.15, 0.2) is 0 Å². The molecule has 0 radical (unpaired) electrons. The molecule has 5 nitrogen and oxygen atoms in total. The molecule has 0 spiro atoms. The molecule has 0 bridgehead atoms. The molecule has 1 fully saturated rings. The van der Waals surface area contributed by atoms with Gasteiger partial charge in [-0.2, -0.15) is 0 Å². The average molecular weight is 286 g/mol. The predicted octanol–water partition coefficient (Wildman–Crippen LogP) is 1.59. The summed E-state index contributed by atoms with van der Waals surface area (Å²) < 4.78 is 11.5. The van der Waals surface area contributed by atoms with Crippen LogP contribution in [0.1, 0.15) is 53.4 Å². The molecule has 0 heterocycles. The zero-order valence-electron chi connectivity index (χ0n) is 13.3. The maximum atomic E-state index is 11.8. The molecule has 1 amide bonds. The second-order valence-electron chi connectivity index (χ2n) is 6.53. The number of nitrogens with one attached hydrogen (secondary N) is 1. The minimum atomic E-state index is -0.595. The van der Waals surface area contributed by atoms with Crippen molar-refractivity contribution in [2.24, 2.45) is 5.73 Å². The summed E-state index contributed by atoms with van der Waals surface area (Å²) in [4.78, 5) is 11.8. The summed E-state index contributed by atoms with van der Waals surface area (Å²) in [7, 11) is 0. The van der Waals surface area contributed by atoms with Gasteiger partial charge in [0.2, 0.25) is 5.91 Å². The Balaban J connectivity index is 2.42. The van der Waals surface area contributed by atoms with E-state index in [-0.39, 0.29) is 17.6 Å². The van der Waals surface area contributed by atoms with Gasteiger partial charge in [0.1, 0.15) is 5.54 Å². The highest BCUT2D eigenvalue weighted by molar-refractivity contribution is 5.84. The first kappa shape index (κ1) is 17.4. The molecule has 20 heavy (non-hydrogen) atoms. The molecule has 0 saturated heterocycles. The van der Waals surface area contributed by atoms with E-state index in [9.17, 15) is 4.79 Å². The number of primary amides is 1. The Morgan fingerprint density at radius 3 is 2.65 bits per heavy atom. The number of hydrogen-bond donors (Lipinski definition) is 2. The van der Waals surface area contributed by atoms with Crippen LogP contribution in [-0.2, 0) is 14.3 Å². The lowest BCUT2D eigenvalue weighted by molar-refractivity contribution is -0.129. The summed E-state index contributed by atoms with van der Waals surface area (Å²) in [6.07, 6.45) is 3.48. The first-order chi connectivity index (χ1) is 9.29. The topological polar surface area (TPSA) is 73.6 Å². The maximum absolute atomic E-state index is 11.8. The van der Waals surface area contributed by atoms with Crippen LogP contribution in [0, 0.1) is 0 Å². The largest absolute Gasteiger partial charge is 0.376 e. The quantitative estimate of drug-likeness (QED) is 0.697. The summed E-state index contributed by atoms with van der Waals surface area (Å²) in [6, 6.07) is 0. The summed E-state index contributed by atoms with van der Waals surface area (Å²) in [5.41, 5.74) is 4.84. The molecule has 0 aromatic carbocycles.